The highest BCUT2D eigenvalue weighted by molar-refractivity contribution is 5.95. The quantitative estimate of drug-likeness (QED) is 0.0896. The molecule has 2 aliphatic rings. The lowest BCUT2D eigenvalue weighted by atomic mass is 10.0. The highest BCUT2D eigenvalue weighted by Crippen LogP contribution is 2.22. The van der Waals surface area contributed by atoms with Crippen LogP contribution in [0.4, 0.5) is 0 Å². The van der Waals surface area contributed by atoms with E-state index in [9.17, 15) is 24.0 Å². The maximum Gasteiger partial charge on any atom is 0.322 e. The number of amides is 4. The molecule has 0 aliphatic carbocycles. The van der Waals surface area contributed by atoms with Crippen molar-refractivity contribution in [2.24, 2.45) is 22.2 Å². The summed E-state index contributed by atoms with van der Waals surface area (Å²) in [5, 5.41) is 14.0. The zero-order valence-electron chi connectivity index (χ0n) is 23.0. The Bertz CT molecular complexity index is 1130. The maximum absolute atomic E-state index is 13.6. The van der Waals surface area contributed by atoms with Crippen LogP contribution in [0.25, 0.3) is 0 Å². The maximum atomic E-state index is 13.6. The van der Waals surface area contributed by atoms with Crippen LogP contribution in [0.5, 0.6) is 0 Å². The molecule has 2 heterocycles. The van der Waals surface area contributed by atoms with Crippen LogP contribution in [0.15, 0.2) is 35.3 Å². The lowest BCUT2D eigenvalue weighted by molar-refractivity contribution is -0.144. The van der Waals surface area contributed by atoms with Gasteiger partial charge in [0.05, 0.1) is 6.04 Å². The van der Waals surface area contributed by atoms with Crippen LogP contribution in [0, 0.1) is 0 Å². The van der Waals surface area contributed by atoms with Gasteiger partial charge in [-0.3, -0.25) is 29.0 Å². The third-order valence-corrected chi connectivity index (χ3v) is 7.27. The second-order valence-corrected chi connectivity index (χ2v) is 10.3. The summed E-state index contributed by atoms with van der Waals surface area (Å²) < 4.78 is 0. The number of nitrogens with zero attached hydrogens (tertiary/aromatic N) is 3. The van der Waals surface area contributed by atoms with Gasteiger partial charge in [-0.05, 0) is 50.5 Å². The average Bonchev–Trinajstić information content (AvgIpc) is 3.63. The molecular formula is C27H40N8O6. The predicted octanol–water partition coefficient (Wildman–Crippen LogP) is -1.72. The fraction of sp³-hybridized carbons (Fsp3) is 0.556. The van der Waals surface area contributed by atoms with E-state index in [2.05, 4.69) is 15.6 Å². The Morgan fingerprint density at radius 3 is 2.17 bits per heavy atom. The standard InChI is InChI=1S/C27H40N8O6/c28-18(15-17-7-2-1-3-8-17)25(40)34-13-6-11-21(34)24(39)33-19(9-4-12-31-27(29)30)26(41)35-14-5-10-20(35)23(38)32-16-22(36)37/h1-3,7-8,18-21H,4-6,9-16,28H2,(H,32,38)(H,33,39)(H,36,37)(H4,29,30,31). The molecule has 1 aromatic carbocycles. The number of carboxylic acid groups (broad SMARTS) is 1. The molecule has 2 fully saturated rings. The number of guanidine groups is 1. The van der Waals surface area contributed by atoms with E-state index in [4.69, 9.17) is 22.3 Å². The van der Waals surface area contributed by atoms with Crippen LogP contribution in [0.2, 0.25) is 0 Å². The van der Waals surface area contributed by atoms with Gasteiger partial charge in [-0.15, -0.1) is 0 Å². The first-order valence-corrected chi connectivity index (χ1v) is 13.8. The number of likely N-dealkylation sites (tertiary alicyclic amines) is 2. The summed E-state index contributed by atoms with van der Waals surface area (Å²) in [5.41, 5.74) is 17.9. The van der Waals surface area contributed by atoms with E-state index in [1.165, 1.54) is 9.80 Å². The van der Waals surface area contributed by atoms with Gasteiger partial charge < -0.3 is 42.7 Å². The smallest absolute Gasteiger partial charge is 0.322 e. The van der Waals surface area contributed by atoms with Crippen molar-refractivity contribution in [2.75, 3.05) is 26.2 Å². The molecule has 3 rings (SSSR count). The van der Waals surface area contributed by atoms with Crippen molar-refractivity contribution in [3.05, 3.63) is 35.9 Å². The number of nitrogens with one attached hydrogen (secondary N) is 2. The van der Waals surface area contributed by atoms with E-state index in [0.29, 0.717) is 45.1 Å². The largest absolute Gasteiger partial charge is 0.480 e. The zero-order chi connectivity index (χ0) is 29.9. The molecule has 4 amide bonds. The molecule has 41 heavy (non-hydrogen) atoms. The Labute approximate surface area is 238 Å². The van der Waals surface area contributed by atoms with Crippen molar-refractivity contribution in [1.82, 2.24) is 20.4 Å². The first kappa shape index (κ1) is 31.3. The summed E-state index contributed by atoms with van der Waals surface area (Å²) in [4.78, 5) is 70.6. The van der Waals surface area contributed by atoms with Crippen molar-refractivity contribution in [3.8, 4) is 0 Å². The van der Waals surface area contributed by atoms with Crippen LogP contribution in [-0.4, -0.2) is 101 Å². The number of aliphatic carboxylic acids is 1. The number of carbonyl (C=O) groups is 5. The molecule has 4 atom stereocenters. The summed E-state index contributed by atoms with van der Waals surface area (Å²) in [6.07, 6.45) is 2.85. The molecule has 4 unspecified atom stereocenters. The minimum atomic E-state index is -1.20. The van der Waals surface area contributed by atoms with Gasteiger partial charge in [-0.2, -0.15) is 0 Å². The van der Waals surface area contributed by atoms with Crippen molar-refractivity contribution in [3.63, 3.8) is 0 Å². The summed E-state index contributed by atoms with van der Waals surface area (Å²) in [7, 11) is 0. The number of aliphatic imine (C=N–C) groups is 1. The first-order valence-electron chi connectivity index (χ1n) is 13.8. The van der Waals surface area contributed by atoms with Gasteiger partial charge in [0.1, 0.15) is 24.7 Å². The SMILES string of the molecule is NC(N)=NCCCC(NC(=O)C1CCCN1C(=O)C(N)Cc1ccccc1)C(=O)N1CCCC1C(=O)NCC(=O)O. The van der Waals surface area contributed by atoms with E-state index >= 15 is 0 Å². The van der Waals surface area contributed by atoms with Gasteiger partial charge in [-0.1, -0.05) is 30.3 Å². The number of carboxylic acids is 1. The molecule has 0 aromatic heterocycles. The molecule has 0 spiro atoms. The molecule has 9 N–H and O–H groups in total. The fourth-order valence-corrected chi connectivity index (χ4v) is 5.28. The minimum Gasteiger partial charge on any atom is -0.480 e. The highest BCUT2D eigenvalue weighted by Gasteiger charge is 2.40. The summed E-state index contributed by atoms with van der Waals surface area (Å²) in [5.74, 6) is -3.14. The van der Waals surface area contributed by atoms with Gasteiger partial charge in [0, 0.05) is 19.6 Å². The van der Waals surface area contributed by atoms with Gasteiger partial charge in [0.2, 0.25) is 23.6 Å². The molecule has 1 aromatic rings. The molecule has 2 aliphatic heterocycles. The third kappa shape index (κ3) is 8.90. The fourth-order valence-electron chi connectivity index (χ4n) is 5.28. The number of benzene rings is 1. The van der Waals surface area contributed by atoms with Crippen LogP contribution in [0.1, 0.15) is 44.1 Å². The molecule has 14 heteroatoms. The lowest BCUT2D eigenvalue weighted by Gasteiger charge is -2.31. The normalized spacial score (nSPS) is 19.7. The number of carbonyl (C=O) groups excluding carboxylic acids is 4. The Hall–Kier alpha value is -4.20. The van der Waals surface area contributed by atoms with Crippen molar-refractivity contribution in [2.45, 2.75) is 69.1 Å². The molecule has 0 radical (unpaired) electrons. The zero-order valence-corrected chi connectivity index (χ0v) is 23.0. The minimum absolute atomic E-state index is 0.0985. The lowest BCUT2D eigenvalue weighted by Crippen LogP contribution is -2.57. The topological polar surface area (TPSA) is 227 Å². The number of rotatable bonds is 13. The molecule has 0 saturated carbocycles. The van der Waals surface area contributed by atoms with Gasteiger partial charge in [-0.25, -0.2) is 0 Å². The summed E-state index contributed by atoms with van der Waals surface area (Å²) >= 11 is 0. The predicted molar refractivity (Wildman–Crippen MR) is 150 cm³/mol. The Morgan fingerprint density at radius 2 is 1.56 bits per heavy atom. The van der Waals surface area contributed by atoms with E-state index in [0.717, 1.165) is 5.56 Å². The summed E-state index contributed by atoms with van der Waals surface area (Å²) in [6.45, 7) is 0.327. The average molecular weight is 573 g/mol. The van der Waals surface area contributed by atoms with Crippen LogP contribution in [0.3, 0.4) is 0 Å². The second-order valence-electron chi connectivity index (χ2n) is 10.3. The van der Waals surface area contributed by atoms with E-state index < -0.39 is 54.4 Å². The van der Waals surface area contributed by atoms with Crippen molar-refractivity contribution in [1.29, 1.82) is 0 Å². The Kier molecular flexibility index (Phi) is 11.4. The monoisotopic (exact) mass is 572 g/mol. The molecule has 224 valence electrons. The molecule has 2 saturated heterocycles. The van der Waals surface area contributed by atoms with Crippen LogP contribution in [-0.2, 0) is 30.4 Å². The number of nitrogens with two attached hydrogens (primary N) is 3. The van der Waals surface area contributed by atoms with Gasteiger partial charge in [0.15, 0.2) is 5.96 Å². The first-order chi connectivity index (χ1) is 19.6. The van der Waals surface area contributed by atoms with Crippen molar-refractivity contribution < 1.29 is 29.1 Å². The molecule has 14 nitrogen and oxygen atoms in total. The number of hydrogen-bond acceptors (Lipinski definition) is 7. The van der Waals surface area contributed by atoms with E-state index in [1.54, 1.807) is 0 Å². The van der Waals surface area contributed by atoms with Crippen molar-refractivity contribution >= 4 is 35.6 Å². The van der Waals surface area contributed by atoms with Crippen LogP contribution >= 0.6 is 0 Å². The van der Waals surface area contributed by atoms with E-state index in [-0.39, 0.29) is 31.4 Å². The van der Waals surface area contributed by atoms with Crippen LogP contribution < -0.4 is 27.8 Å². The van der Waals surface area contributed by atoms with E-state index in [1.807, 2.05) is 30.3 Å². The molecule has 0 bridgehead atoms. The second kappa shape index (κ2) is 15.0. The molecular weight excluding hydrogens is 532 g/mol. The van der Waals surface area contributed by atoms with Gasteiger partial charge in [0.25, 0.3) is 0 Å². The van der Waals surface area contributed by atoms with Gasteiger partial charge >= 0.3 is 5.97 Å². The highest BCUT2D eigenvalue weighted by atomic mass is 16.4. The Balaban J connectivity index is 1.70. The number of hydrogen-bond donors (Lipinski definition) is 6. The third-order valence-electron chi connectivity index (χ3n) is 7.27. The Morgan fingerprint density at radius 1 is 0.951 bits per heavy atom. The summed E-state index contributed by atoms with van der Waals surface area (Å²) in [6, 6.07) is 5.91.